The molecule has 3 aromatic carbocycles. The Kier molecular flexibility index (Phi) is 12.9. The Hall–Kier alpha value is -2.90. The molecular weight excluding hydrogens is 571 g/mol. The minimum atomic E-state index is -0.827. The van der Waals surface area contributed by atoms with Crippen LogP contribution >= 0.6 is 24.0 Å². The van der Waals surface area contributed by atoms with Crippen LogP contribution < -0.4 is 5.32 Å². The number of benzene rings is 3. The molecule has 0 unspecified atom stereocenters. The van der Waals surface area contributed by atoms with E-state index in [1.165, 1.54) is 0 Å². The zero-order chi connectivity index (χ0) is 29.1. The molecule has 1 aliphatic rings. The SMILES string of the molecule is CCOC(=O)CCC(=O)NCC(CCCN1CCC(O)(c2ccc(Cl)cc2)CC1)(c1ccccc1)c1ccccc1.Cl. The van der Waals surface area contributed by atoms with Crippen molar-refractivity contribution in [1.29, 1.82) is 0 Å². The van der Waals surface area contributed by atoms with Gasteiger partial charge in [0.1, 0.15) is 0 Å². The number of likely N-dealkylation sites (tertiary alicyclic amines) is 1. The van der Waals surface area contributed by atoms with E-state index in [0.717, 1.165) is 49.2 Å². The van der Waals surface area contributed by atoms with Gasteiger partial charge in [-0.15, -0.1) is 12.4 Å². The Bertz CT molecular complexity index is 1210. The molecule has 1 heterocycles. The van der Waals surface area contributed by atoms with E-state index in [-0.39, 0.29) is 37.1 Å². The van der Waals surface area contributed by atoms with Crippen LogP contribution in [0.15, 0.2) is 84.9 Å². The molecule has 0 aromatic heterocycles. The molecule has 8 heteroatoms. The van der Waals surface area contributed by atoms with Crippen LogP contribution in [0.1, 0.15) is 62.1 Å². The van der Waals surface area contributed by atoms with Crippen molar-refractivity contribution in [3.05, 3.63) is 107 Å². The maximum absolute atomic E-state index is 12.8. The lowest BCUT2D eigenvalue weighted by molar-refractivity contribution is -0.144. The summed E-state index contributed by atoms with van der Waals surface area (Å²) in [6.07, 6.45) is 3.27. The highest BCUT2D eigenvalue weighted by molar-refractivity contribution is 6.30. The van der Waals surface area contributed by atoms with Crippen LogP contribution in [0.5, 0.6) is 0 Å². The zero-order valence-electron chi connectivity index (χ0n) is 24.3. The summed E-state index contributed by atoms with van der Waals surface area (Å²) in [5.74, 6) is -0.517. The van der Waals surface area contributed by atoms with Crippen LogP contribution in [0.4, 0.5) is 0 Å². The van der Waals surface area contributed by atoms with Crippen LogP contribution in [-0.4, -0.2) is 54.7 Å². The predicted octanol–water partition coefficient (Wildman–Crippen LogP) is 6.27. The first-order valence-electron chi connectivity index (χ1n) is 14.6. The lowest BCUT2D eigenvalue weighted by atomic mass is 9.71. The van der Waals surface area contributed by atoms with Crippen molar-refractivity contribution < 1.29 is 19.4 Å². The summed E-state index contributed by atoms with van der Waals surface area (Å²) >= 11 is 6.05. The number of rotatable bonds is 13. The molecule has 226 valence electrons. The van der Waals surface area contributed by atoms with Gasteiger partial charge in [-0.25, -0.2) is 0 Å². The minimum absolute atomic E-state index is 0. The fourth-order valence-electron chi connectivity index (χ4n) is 5.85. The number of nitrogens with zero attached hydrogens (tertiary/aromatic N) is 1. The Morgan fingerprint density at radius 2 is 1.50 bits per heavy atom. The van der Waals surface area contributed by atoms with Crippen LogP contribution in [0.3, 0.4) is 0 Å². The number of ether oxygens (including phenoxy) is 1. The minimum Gasteiger partial charge on any atom is -0.466 e. The van der Waals surface area contributed by atoms with Crippen LogP contribution in [0, 0.1) is 0 Å². The molecule has 0 atom stereocenters. The highest BCUT2D eigenvalue weighted by atomic mass is 35.5. The van der Waals surface area contributed by atoms with E-state index in [9.17, 15) is 14.7 Å². The van der Waals surface area contributed by atoms with Crippen molar-refractivity contribution in [3.8, 4) is 0 Å². The van der Waals surface area contributed by atoms with Gasteiger partial charge in [0.15, 0.2) is 0 Å². The fraction of sp³-hybridized carbons (Fsp3) is 0.412. The number of aliphatic hydroxyl groups is 1. The molecule has 1 amide bonds. The Morgan fingerprint density at radius 3 is 2.05 bits per heavy atom. The number of nitrogens with one attached hydrogen (secondary N) is 1. The molecule has 42 heavy (non-hydrogen) atoms. The Labute approximate surface area is 260 Å². The number of carbonyl (C=O) groups is 2. The number of hydrogen-bond acceptors (Lipinski definition) is 5. The summed E-state index contributed by atoms with van der Waals surface area (Å²) < 4.78 is 4.99. The summed E-state index contributed by atoms with van der Waals surface area (Å²) in [7, 11) is 0. The summed E-state index contributed by atoms with van der Waals surface area (Å²) in [6, 6.07) is 28.2. The summed E-state index contributed by atoms with van der Waals surface area (Å²) in [5, 5.41) is 15.1. The molecule has 3 aromatic rings. The number of piperidine rings is 1. The van der Waals surface area contributed by atoms with E-state index < -0.39 is 11.0 Å². The number of carbonyl (C=O) groups excluding carboxylic acids is 2. The second-order valence-corrected chi connectivity index (χ2v) is 11.3. The van der Waals surface area contributed by atoms with Crippen LogP contribution in [-0.2, 0) is 25.3 Å². The average Bonchev–Trinajstić information content (AvgIpc) is 3.00. The topological polar surface area (TPSA) is 78.9 Å². The molecule has 4 rings (SSSR count). The van der Waals surface area contributed by atoms with Gasteiger partial charge in [0.2, 0.25) is 5.91 Å². The van der Waals surface area contributed by atoms with Gasteiger partial charge in [-0.2, -0.15) is 0 Å². The molecule has 0 bridgehead atoms. The molecule has 1 fully saturated rings. The third kappa shape index (κ3) is 8.81. The standard InChI is InChI=1S/C34H41ClN2O4.ClH/c1-2-41-32(39)19-18-31(38)36-26-33(27-10-5-3-6-11-27,28-12-7-4-8-13-28)20-9-23-37-24-21-34(40,22-25-37)29-14-16-30(35)17-15-29;/h3-8,10-17,40H,2,9,18-26H2,1H3,(H,36,38);1H. The smallest absolute Gasteiger partial charge is 0.306 e. The van der Waals surface area contributed by atoms with E-state index in [1.54, 1.807) is 6.92 Å². The number of amides is 1. The molecule has 0 saturated carbocycles. The lowest BCUT2D eigenvalue weighted by Gasteiger charge is -2.40. The maximum atomic E-state index is 12.8. The maximum Gasteiger partial charge on any atom is 0.306 e. The average molecular weight is 614 g/mol. The molecule has 0 radical (unpaired) electrons. The quantitative estimate of drug-likeness (QED) is 0.222. The predicted molar refractivity (Wildman–Crippen MR) is 170 cm³/mol. The van der Waals surface area contributed by atoms with E-state index in [1.807, 2.05) is 60.7 Å². The van der Waals surface area contributed by atoms with Gasteiger partial charge in [-0.3, -0.25) is 9.59 Å². The summed E-state index contributed by atoms with van der Waals surface area (Å²) in [5.41, 5.74) is 1.96. The molecule has 0 aliphatic carbocycles. The van der Waals surface area contributed by atoms with Crippen molar-refractivity contribution in [3.63, 3.8) is 0 Å². The zero-order valence-corrected chi connectivity index (χ0v) is 25.8. The number of esters is 1. The Morgan fingerprint density at radius 1 is 0.929 bits per heavy atom. The fourth-order valence-corrected chi connectivity index (χ4v) is 5.97. The normalized spacial score (nSPS) is 14.9. The molecule has 2 N–H and O–H groups in total. The first-order valence-corrected chi connectivity index (χ1v) is 15.0. The number of halogens is 2. The van der Waals surface area contributed by atoms with E-state index in [0.29, 0.717) is 31.0 Å². The highest BCUT2D eigenvalue weighted by Gasteiger charge is 2.36. The Balaban J connectivity index is 0.00000484. The van der Waals surface area contributed by atoms with Gasteiger partial charge in [0.25, 0.3) is 0 Å². The molecule has 1 saturated heterocycles. The monoisotopic (exact) mass is 612 g/mol. The van der Waals surface area contributed by atoms with Gasteiger partial charge in [0.05, 0.1) is 18.6 Å². The molecule has 1 aliphatic heterocycles. The molecular formula is C34H42Cl2N2O4. The van der Waals surface area contributed by atoms with Crippen molar-refractivity contribution in [2.24, 2.45) is 0 Å². The molecule has 6 nitrogen and oxygen atoms in total. The summed E-state index contributed by atoms with van der Waals surface area (Å²) in [6.45, 7) is 5.02. The van der Waals surface area contributed by atoms with Gasteiger partial charge >= 0.3 is 5.97 Å². The van der Waals surface area contributed by atoms with Gasteiger partial charge < -0.3 is 20.1 Å². The number of hydrogen-bond donors (Lipinski definition) is 2. The van der Waals surface area contributed by atoms with Crippen molar-refractivity contribution in [1.82, 2.24) is 10.2 Å². The first-order chi connectivity index (χ1) is 19.8. The van der Waals surface area contributed by atoms with E-state index in [2.05, 4.69) is 34.5 Å². The van der Waals surface area contributed by atoms with E-state index >= 15 is 0 Å². The van der Waals surface area contributed by atoms with Crippen LogP contribution in [0.25, 0.3) is 0 Å². The van der Waals surface area contributed by atoms with Gasteiger partial charge in [-0.1, -0.05) is 84.4 Å². The second kappa shape index (κ2) is 16.1. The molecule has 0 spiro atoms. The third-order valence-corrected chi connectivity index (χ3v) is 8.50. The van der Waals surface area contributed by atoms with E-state index in [4.69, 9.17) is 16.3 Å². The highest BCUT2D eigenvalue weighted by Crippen LogP contribution is 2.38. The third-order valence-electron chi connectivity index (χ3n) is 8.24. The first kappa shape index (κ1) is 33.6. The van der Waals surface area contributed by atoms with Gasteiger partial charge in [-0.05, 0) is 68.0 Å². The van der Waals surface area contributed by atoms with Gasteiger partial charge in [0, 0.05) is 36.5 Å². The van der Waals surface area contributed by atoms with Crippen molar-refractivity contribution in [2.45, 2.75) is 56.5 Å². The second-order valence-electron chi connectivity index (χ2n) is 10.9. The lowest BCUT2D eigenvalue weighted by Crippen LogP contribution is -2.44. The van der Waals surface area contributed by atoms with Crippen molar-refractivity contribution in [2.75, 3.05) is 32.8 Å². The van der Waals surface area contributed by atoms with Crippen LogP contribution in [0.2, 0.25) is 5.02 Å². The largest absolute Gasteiger partial charge is 0.466 e. The summed E-state index contributed by atoms with van der Waals surface area (Å²) in [4.78, 5) is 27.0. The van der Waals surface area contributed by atoms with Crippen molar-refractivity contribution >= 4 is 35.9 Å².